The number of imidazole rings is 1. The molecule has 0 N–H and O–H groups in total. The summed E-state index contributed by atoms with van der Waals surface area (Å²) in [6.45, 7) is 7.16. The molecular weight excluding hydrogens is 272 g/mol. The molecule has 0 spiro atoms. The summed E-state index contributed by atoms with van der Waals surface area (Å²) in [7, 11) is 0. The van der Waals surface area contributed by atoms with Crippen LogP contribution in [0, 0.1) is 12.5 Å². The highest BCUT2D eigenvalue weighted by Crippen LogP contribution is 2.30. The third kappa shape index (κ3) is 2.25. The zero-order valence-corrected chi connectivity index (χ0v) is 12.2. The van der Waals surface area contributed by atoms with E-state index in [0.29, 0.717) is 5.69 Å². The summed E-state index contributed by atoms with van der Waals surface area (Å²) in [6.07, 6.45) is 8.74. The second kappa shape index (κ2) is 5.27. The minimum atomic E-state index is 0.609. The molecule has 108 valence electrons. The van der Waals surface area contributed by atoms with Crippen molar-refractivity contribution in [1.29, 1.82) is 0 Å². The first-order chi connectivity index (χ1) is 10.8. The second-order valence-corrected chi connectivity index (χ2v) is 5.89. The monoisotopic (exact) mass is 288 g/mol. The Labute approximate surface area is 129 Å². The molecular formula is C18H16N4. The zero-order valence-electron chi connectivity index (χ0n) is 12.2. The van der Waals surface area contributed by atoms with Crippen molar-refractivity contribution >= 4 is 11.3 Å². The van der Waals surface area contributed by atoms with Gasteiger partial charge in [0.2, 0.25) is 5.69 Å². The number of hydrogen-bond acceptors (Lipinski definition) is 2. The number of fused-ring (bicyclic) bond motifs is 1. The number of aromatic nitrogens is 3. The van der Waals surface area contributed by atoms with Crippen molar-refractivity contribution in [1.82, 2.24) is 14.4 Å². The lowest BCUT2D eigenvalue weighted by molar-refractivity contribution is 0.312. The first-order valence-corrected chi connectivity index (χ1v) is 7.64. The van der Waals surface area contributed by atoms with Gasteiger partial charge in [-0.25, -0.2) is 9.83 Å². The van der Waals surface area contributed by atoms with E-state index in [1.54, 1.807) is 6.07 Å². The van der Waals surface area contributed by atoms with Gasteiger partial charge in [0, 0.05) is 11.9 Å². The van der Waals surface area contributed by atoms with Crippen LogP contribution in [0.4, 0.5) is 5.69 Å². The molecule has 4 nitrogen and oxygen atoms in total. The largest absolute Gasteiger partial charge is 0.309 e. The Bertz CT molecular complexity index is 868. The molecule has 1 fully saturated rings. The SMILES string of the molecule is [C-]#[N+]c1ccc2ncc(-c3cccc(CC4CCC4)n3)n2c1. The molecule has 0 unspecified atom stereocenters. The molecule has 0 saturated heterocycles. The van der Waals surface area contributed by atoms with E-state index in [0.717, 1.165) is 35.1 Å². The van der Waals surface area contributed by atoms with Crippen molar-refractivity contribution in [3.63, 3.8) is 0 Å². The highest BCUT2D eigenvalue weighted by Gasteiger charge is 2.18. The second-order valence-electron chi connectivity index (χ2n) is 5.89. The molecule has 22 heavy (non-hydrogen) atoms. The predicted molar refractivity (Wildman–Crippen MR) is 85.7 cm³/mol. The first kappa shape index (κ1) is 13.0. The van der Waals surface area contributed by atoms with Crippen molar-refractivity contribution in [3.8, 4) is 11.4 Å². The van der Waals surface area contributed by atoms with Crippen molar-refractivity contribution in [3.05, 3.63) is 59.8 Å². The Morgan fingerprint density at radius 1 is 1.23 bits per heavy atom. The molecule has 1 aliphatic rings. The normalized spacial score (nSPS) is 14.7. The fourth-order valence-electron chi connectivity index (χ4n) is 2.95. The molecule has 4 heteroatoms. The Morgan fingerprint density at radius 2 is 2.14 bits per heavy atom. The van der Waals surface area contributed by atoms with Gasteiger partial charge in [-0.2, -0.15) is 0 Å². The third-order valence-electron chi connectivity index (χ3n) is 4.41. The van der Waals surface area contributed by atoms with Crippen LogP contribution in [0.15, 0.2) is 42.7 Å². The smallest absolute Gasteiger partial charge is 0.203 e. The molecule has 0 amide bonds. The molecule has 3 aromatic rings. The van der Waals surface area contributed by atoms with Gasteiger partial charge in [0.25, 0.3) is 0 Å². The van der Waals surface area contributed by atoms with E-state index >= 15 is 0 Å². The predicted octanol–water partition coefficient (Wildman–Crippen LogP) is 4.29. The maximum atomic E-state index is 7.16. The van der Waals surface area contributed by atoms with E-state index in [2.05, 4.69) is 22.0 Å². The van der Waals surface area contributed by atoms with E-state index in [9.17, 15) is 0 Å². The molecule has 0 bridgehead atoms. The van der Waals surface area contributed by atoms with E-state index < -0.39 is 0 Å². The summed E-state index contributed by atoms with van der Waals surface area (Å²) in [5.74, 6) is 0.804. The molecule has 1 saturated carbocycles. The van der Waals surface area contributed by atoms with Gasteiger partial charge in [0.05, 0.1) is 24.2 Å². The number of nitrogens with zero attached hydrogens (tertiary/aromatic N) is 4. The lowest BCUT2D eigenvalue weighted by atomic mass is 9.82. The molecule has 0 aromatic carbocycles. The zero-order chi connectivity index (χ0) is 14.9. The van der Waals surface area contributed by atoms with Crippen LogP contribution in [0.1, 0.15) is 25.0 Å². The van der Waals surface area contributed by atoms with Crippen LogP contribution in [-0.2, 0) is 6.42 Å². The van der Waals surface area contributed by atoms with Gasteiger partial charge < -0.3 is 4.40 Å². The molecule has 3 heterocycles. The summed E-state index contributed by atoms with van der Waals surface area (Å²) in [6, 6.07) is 9.84. The van der Waals surface area contributed by atoms with E-state index in [-0.39, 0.29) is 0 Å². The fraction of sp³-hybridized carbons (Fsp3) is 0.278. The Hall–Kier alpha value is -2.67. The van der Waals surface area contributed by atoms with Crippen LogP contribution in [0.2, 0.25) is 0 Å². The molecule has 0 radical (unpaired) electrons. The maximum absolute atomic E-state index is 7.16. The molecule has 3 aromatic heterocycles. The quantitative estimate of drug-likeness (QED) is 0.674. The van der Waals surface area contributed by atoms with Crippen molar-refractivity contribution in [2.24, 2.45) is 5.92 Å². The third-order valence-corrected chi connectivity index (χ3v) is 4.41. The standard InChI is InChI=1S/C18H16N4/c1-19-15-8-9-18-20-11-17(22(18)12-15)16-7-3-6-14(21-16)10-13-4-2-5-13/h3,6-9,11-13H,2,4-5,10H2. The molecule has 4 rings (SSSR count). The Morgan fingerprint density at radius 3 is 2.91 bits per heavy atom. The molecule has 0 aliphatic heterocycles. The summed E-state index contributed by atoms with van der Waals surface area (Å²) in [5.41, 5.74) is 4.46. The molecule has 1 aliphatic carbocycles. The van der Waals surface area contributed by atoms with Gasteiger partial charge >= 0.3 is 0 Å². The summed E-state index contributed by atoms with van der Waals surface area (Å²) < 4.78 is 1.95. The van der Waals surface area contributed by atoms with Crippen LogP contribution in [0.5, 0.6) is 0 Å². The van der Waals surface area contributed by atoms with Gasteiger partial charge in [-0.3, -0.25) is 4.98 Å². The average Bonchev–Trinajstić information content (AvgIpc) is 2.94. The topological polar surface area (TPSA) is 34.5 Å². The van der Waals surface area contributed by atoms with Crippen LogP contribution < -0.4 is 0 Å². The van der Waals surface area contributed by atoms with Gasteiger partial charge in [0.1, 0.15) is 5.65 Å². The van der Waals surface area contributed by atoms with Gasteiger partial charge in [-0.1, -0.05) is 31.4 Å². The number of hydrogen-bond donors (Lipinski definition) is 0. The maximum Gasteiger partial charge on any atom is 0.203 e. The van der Waals surface area contributed by atoms with Crippen molar-refractivity contribution in [2.45, 2.75) is 25.7 Å². The van der Waals surface area contributed by atoms with Gasteiger partial charge in [-0.05, 0) is 30.5 Å². The van der Waals surface area contributed by atoms with E-state index in [4.69, 9.17) is 11.6 Å². The lowest BCUT2D eigenvalue weighted by Crippen LogP contribution is -2.14. The van der Waals surface area contributed by atoms with Crippen LogP contribution >= 0.6 is 0 Å². The first-order valence-electron chi connectivity index (χ1n) is 7.64. The molecule has 0 atom stereocenters. The van der Waals surface area contributed by atoms with Crippen molar-refractivity contribution in [2.75, 3.05) is 0 Å². The van der Waals surface area contributed by atoms with E-state index in [1.165, 1.54) is 19.3 Å². The minimum Gasteiger partial charge on any atom is -0.309 e. The van der Waals surface area contributed by atoms with Crippen LogP contribution in [0.3, 0.4) is 0 Å². The lowest BCUT2D eigenvalue weighted by Gasteiger charge is -2.24. The summed E-state index contributed by atoms with van der Waals surface area (Å²) >= 11 is 0. The Kier molecular flexibility index (Phi) is 3.12. The van der Waals surface area contributed by atoms with E-state index in [1.807, 2.05) is 28.9 Å². The average molecular weight is 288 g/mol. The van der Waals surface area contributed by atoms with Crippen molar-refractivity contribution < 1.29 is 0 Å². The summed E-state index contributed by atoms with van der Waals surface area (Å²) in [4.78, 5) is 12.7. The number of rotatable bonds is 3. The van der Waals surface area contributed by atoms with Gasteiger partial charge in [-0.15, -0.1) is 0 Å². The van der Waals surface area contributed by atoms with Crippen LogP contribution in [-0.4, -0.2) is 14.4 Å². The summed E-state index contributed by atoms with van der Waals surface area (Å²) in [5, 5.41) is 0. The van der Waals surface area contributed by atoms with Crippen LogP contribution in [0.25, 0.3) is 21.9 Å². The highest BCUT2D eigenvalue weighted by molar-refractivity contribution is 5.62. The Balaban J connectivity index is 1.74. The highest BCUT2D eigenvalue weighted by atomic mass is 15.0. The van der Waals surface area contributed by atoms with Gasteiger partial charge in [0.15, 0.2) is 0 Å². The number of pyridine rings is 2. The fourth-order valence-corrected chi connectivity index (χ4v) is 2.95. The minimum absolute atomic E-state index is 0.609.